The van der Waals surface area contributed by atoms with Crippen LogP contribution in [0.1, 0.15) is 10.4 Å². The Morgan fingerprint density at radius 3 is 2.50 bits per heavy atom. The number of amides is 2. The van der Waals surface area contributed by atoms with Crippen LogP contribution in [0.15, 0.2) is 24.3 Å². The Labute approximate surface area is 142 Å². The highest BCUT2D eigenvalue weighted by atomic mass is 16.5. The SMILES string of the molecule is COCCNCC(=O)N1CCN(C(=O)c2cccc(OC)c2)CC1. The van der Waals surface area contributed by atoms with Crippen molar-refractivity contribution < 1.29 is 19.1 Å². The van der Waals surface area contributed by atoms with E-state index in [2.05, 4.69) is 5.32 Å². The quantitative estimate of drug-likeness (QED) is 0.722. The van der Waals surface area contributed by atoms with Gasteiger partial charge in [0.05, 0.1) is 20.3 Å². The molecule has 0 atom stereocenters. The van der Waals surface area contributed by atoms with Gasteiger partial charge in [0.2, 0.25) is 5.91 Å². The number of hydrogen-bond donors (Lipinski definition) is 1. The van der Waals surface area contributed by atoms with Crippen molar-refractivity contribution in [1.29, 1.82) is 0 Å². The van der Waals surface area contributed by atoms with E-state index in [1.165, 1.54) is 0 Å². The molecule has 1 N–H and O–H groups in total. The van der Waals surface area contributed by atoms with Crippen LogP contribution in [0.25, 0.3) is 0 Å². The van der Waals surface area contributed by atoms with Gasteiger partial charge in [-0.1, -0.05) is 6.07 Å². The van der Waals surface area contributed by atoms with Crippen LogP contribution in [0.2, 0.25) is 0 Å². The van der Waals surface area contributed by atoms with Gasteiger partial charge in [0.1, 0.15) is 5.75 Å². The second-order valence-corrected chi connectivity index (χ2v) is 5.57. The fourth-order valence-electron chi connectivity index (χ4n) is 2.58. The summed E-state index contributed by atoms with van der Waals surface area (Å²) in [5, 5.41) is 3.05. The van der Waals surface area contributed by atoms with Gasteiger partial charge in [-0.3, -0.25) is 9.59 Å². The van der Waals surface area contributed by atoms with Crippen LogP contribution in [0.5, 0.6) is 5.75 Å². The van der Waals surface area contributed by atoms with Crippen LogP contribution in [0, 0.1) is 0 Å². The molecule has 1 aliphatic heterocycles. The van der Waals surface area contributed by atoms with E-state index in [4.69, 9.17) is 9.47 Å². The number of rotatable bonds is 7. The molecule has 24 heavy (non-hydrogen) atoms. The number of piperazine rings is 1. The minimum atomic E-state index is -0.0285. The molecule has 1 saturated heterocycles. The Kier molecular flexibility index (Phi) is 7.02. The Morgan fingerprint density at radius 2 is 1.83 bits per heavy atom. The lowest BCUT2D eigenvalue weighted by Gasteiger charge is -2.35. The van der Waals surface area contributed by atoms with Gasteiger partial charge in [-0.2, -0.15) is 0 Å². The van der Waals surface area contributed by atoms with Crippen LogP contribution in [0.3, 0.4) is 0 Å². The molecule has 0 bridgehead atoms. The largest absolute Gasteiger partial charge is 0.497 e. The molecule has 0 unspecified atom stereocenters. The normalized spacial score (nSPS) is 14.6. The molecule has 0 spiro atoms. The summed E-state index contributed by atoms with van der Waals surface area (Å²) in [6.45, 7) is 3.72. The molecule has 0 saturated carbocycles. The number of nitrogens with zero attached hydrogens (tertiary/aromatic N) is 2. The van der Waals surface area contributed by atoms with E-state index < -0.39 is 0 Å². The number of carbonyl (C=O) groups is 2. The van der Waals surface area contributed by atoms with Crippen LogP contribution in [-0.2, 0) is 9.53 Å². The van der Waals surface area contributed by atoms with Gasteiger partial charge in [0.25, 0.3) is 5.91 Å². The molecule has 2 amide bonds. The summed E-state index contributed by atoms with van der Waals surface area (Å²) in [6.07, 6.45) is 0. The lowest BCUT2D eigenvalue weighted by molar-refractivity contribution is -0.131. The third kappa shape index (κ3) is 4.94. The van der Waals surface area contributed by atoms with Crippen molar-refractivity contribution in [3.8, 4) is 5.75 Å². The number of hydrogen-bond acceptors (Lipinski definition) is 5. The highest BCUT2D eigenvalue weighted by molar-refractivity contribution is 5.94. The van der Waals surface area contributed by atoms with Gasteiger partial charge in [0, 0.05) is 45.4 Å². The highest BCUT2D eigenvalue weighted by Crippen LogP contribution is 2.15. The molecule has 0 radical (unpaired) electrons. The second-order valence-electron chi connectivity index (χ2n) is 5.57. The van der Waals surface area contributed by atoms with Crippen molar-refractivity contribution in [2.24, 2.45) is 0 Å². The lowest BCUT2D eigenvalue weighted by atomic mass is 10.1. The van der Waals surface area contributed by atoms with Crippen molar-refractivity contribution in [2.75, 3.05) is 60.1 Å². The Morgan fingerprint density at radius 1 is 1.12 bits per heavy atom. The van der Waals surface area contributed by atoms with Crippen LogP contribution in [0.4, 0.5) is 0 Å². The minimum absolute atomic E-state index is 0.0285. The third-order valence-corrected chi connectivity index (χ3v) is 4.00. The van der Waals surface area contributed by atoms with Crippen molar-refractivity contribution >= 4 is 11.8 Å². The summed E-state index contributed by atoms with van der Waals surface area (Å²) in [6, 6.07) is 7.13. The van der Waals surface area contributed by atoms with E-state index in [0.717, 1.165) is 0 Å². The number of benzene rings is 1. The van der Waals surface area contributed by atoms with Crippen LogP contribution >= 0.6 is 0 Å². The summed E-state index contributed by atoms with van der Waals surface area (Å²) in [5.41, 5.74) is 0.607. The maximum Gasteiger partial charge on any atom is 0.254 e. The van der Waals surface area contributed by atoms with E-state index in [1.54, 1.807) is 42.2 Å². The molecule has 7 heteroatoms. The lowest BCUT2D eigenvalue weighted by Crippen LogP contribution is -2.52. The zero-order valence-electron chi connectivity index (χ0n) is 14.3. The molecule has 0 aromatic heterocycles. The zero-order chi connectivity index (χ0) is 17.4. The number of nitrogens with one attached hydrogen (secondary N) is 1. The molecule has 132 valence electrons. The number of carbonyl (C=O) groups excluding carboxylic acids is 2. The molecule has 1 aromatic carbocycles. The Hall–Kier alpha value is -2.12. The van der Waals surface area contributed by atoms with Gasteiger partial charge in [0.15, 0.2) is 0 Å². The molecular weight excluding hydrogens is 310 g/mol. The van der Waals surface area contributed by atoms with Crippen molar-refractivity contribution in [1.82, 2.24) is 15.1 Å². The maximum absolute atomic E-state index is 12.5. The standard InChI is InChI=1S/C17H25N3O4/c1-23-11-6-18-13-16(21)19-7-9-20(10-8-19)17(22)14-4-3-5-15(12-14)24-2/h3-5,12,18H,6-11,13H2,1-2H3. The highest BCUT2D eigenvalue weighted by Gasteiger charge is 2.24. The van der Waals surface area contributed by atoms with E-state index in [-0.39, 0.29) is 11.8 Å². The van der Waals surface area contributed by atoms with Crippen molar-refractivity contribution in [3.63, 3.8) is 0 Å². The fraction of sp³-hybridized carbons (Fsp3) is 0.529. The first-order valence-electron chi connectivity index (χ1n) is 8.06. The third-order valence-electron chi connectivity index (χ3n) is 4.00. The van der Waals surface area contributed by atoms with E-state index in [0.29, 0.717) is 57.2 Å². The monoisotopic (exact) mass is 335 g/mol. The minimum Gasteiger partial charge on any atom is -0.497 e. The first kappa shape index (κ1) is 18.2. The smallest absolute Gasteiger partial charge is 0.254 e. The van der Waals surface area contributed by atoms with Gasteiger partial charge in [-0.05, 0) is 18.2 Å². The first-order chi connectivity index (χ1) is 11.7. The maximum atomic E-state index is 12.5. The molecule has 1 fully saturated rings. The molecule has 1 aromatic rings. The molecule has 2 rings (SSSR count). The summed E-state index contributed by atoms with van der Waals surface area (Å²) in [7, 11) is 3.21. The first-order valence-corrected chi connectivity index (χ1v) is 8.06. The summed E-state index contributed by atoms with van der Waals surface area (Å²) < 4.78 is 10.1. The molecule has 1 heterocycles. The summed E-state index contributed by atoms with van der Waals surface area (Å²) in [4.78, 5) is 28.2. The molecule has 7 nitrogen and oxygen atoms in total. The van der Waals surface area contributed by atoms with Gasteiger partial charge < -0.3 is 24.6 Å². The fourth-order valence-corrected chi connectivity index (χ4v) is 2.58. The summed E-state index contributed by atoms with van der Waals surface area (Å²) >= 11 is 0. The van der Waals surface area contributed by atoms with E-state index in [9.17, 15) is 9.59 Å². The van der Waals surface area contributed by atoms with Crippen molar-refractivity contribution in [3.05, 3.63) is 29.8 Å². The number of ether oxygens (including phenoxy) is 2. The van der Waals surface area contributed by atoms with E-state index >= 15 is 0 Å². The molecular formula is C17H25N3O4. The average molecular weight is 335 g/mol. The van der Waals surface area contributed by atoms with Gasteiger partial charge in [-0.15, -0.1) is 0 Å². The van der Waals surface area contributed by atoms with Crippen LogP contribution < -0.4 is 10.1 Å². The molecule has 1 aliphatic rings. The second kappa shape index (κ2) is 9.24. The van der Waals surface area contributed by atoms with Gasteiger partial charge in [-0.25, -0.2) is 0 Å². The Bertz CT molecular complexity index is 557. The van der Waals surface area contributed by atoms with E-state index in [1.807, 2.05) is 6.07 Å². The van der Waals surface area contributed by atoms with Gasteiger partial charge >= 0.3 is 0 Å². The predicted molar refractivity (Wildman–Crippen MR) is 90.2 cm³/mol. The molecule has 0 aliphatic carbocycles. The van der Waals surface area contributed by atoms with Crippen LogP contribution in [-0.4, -0.2) is 81.7 Å². The predicted octanol–water partition coefficient (Wildman–Crippen LogP) is 0.216. The zero-order valence-corrected chi connectivity index (χ0v) is 14.3. The summed E-state index contributed by atoms with van der Waals surface area (Å²) in [5.74, 6) is 0.690. The Balaban J connectivity index is 1.81. The van der Waals surface area contributed by atoms with Crippen molar-refractivity contribution in [2.45, 2.75) is 0 Å². The topological polar surface area (TPSA) is 71.1 Å². The average Bonchev–Trinajstić information content (AvgIpc) is 2.64. The number of methoxy groups -OCH3 is 2.